The van der Waals surface area contributed by atoms with Crippen molar-refractivity contribution in [1.82, 2.24) is 19.8 Å². The van der Waals surface area contributed by atoms with E-state index < -0.39 is 0 Å². The summed E-state index contributed by atoms with van der Waals surface area (Å²) in [5.74, 6) is 0.0751. The topological polar surface area (TPSA) is 70.4 Å². The minimum absolute atomic E-state index is 0.180. The summed E-state index contributed by atoms with van der Waals surface area (Å²) in [6, 6.07) is 7.68. The van der Waals surface area contributed by atoms with E-state index in [4.69, 9.17) is 0 Å². The fraction of sp³-hybridized carbons (Fsp3) is 0.280. The molecular formula is C25H28N4O2. The molecule has 2 N–H and O–H groups in total. The molecule has 0 aliphatic carbocycles. The second-order valence-corrected chi connectivity index (χ2v) is 8.22. The number of hydrogen-bond acceptors (Lipinski definition) is 4. The third kappa shape index (κ3) is 3.43. The van der Waals surface area contributed by atoms with E-state index in [0.717, 1.165) is 50.2 Å². The Morgan fingerprint density at radius 2 is 2.03 bits per heavy atom. The molecule has 2 aromatic heterocycles. The Morgan fingerprint density at radius 1 is 1.26 bits per heavy atom. The molecule has 31 heavy (non-hydrogen) atoms. The lowest BCUT2D eigenvalue weighted by Gasteiger charge is -2.12. The minimum Gasteiger partial charge on any atom is -0.508 e. The number of carbonyl (C=O) groups is 1. The average Bonchev–Trinajstić information content (AvgIpc) is 3.02. The zero-order valence-corrected chi connectivity index (χ0v) is 18.5. The summed E-state index contributed by atoms with van der Waals surface area (Å²) in [6.45, 7) is 7.24. The number of aromatic hydroxyl groups is 1. The number of allylic oxidation sites excluding steroid dienone is 1. The molecule has 0 saturated carbocycles. The molecule has 0 saturated heterocycles. The van der Waals surface area contributed by atoms with Crippen LogP contribution in [0.2, 0.25) is 0 Å². The number of benzene rings is 2. The van der Waals surface area contributed by atoms with Crippen molar-refractivity contribution in [1.29, 1.82) is 0 Å². The molecule has 0 fully saturated rings. The van der Waals surface area contributed by atoms with Gasteiger partial charge < -0.3 is 19.9 Å². The predicted octanol–water partition coefficient (Wildman–Crippen LogP) is 3.91. The van der Waals surface area contributed by atoms with Gasteiger partial charge in [-0.05, 0) is 62.7 Å². The SMILES string of the molecule is C=CCc1c(O)ccc2c1c1cc3c(C(=O)NCCN(C)C)nccc3c(C)c1n2C. The second-order valence-electron chi connectivity index (χ2n) is 8.22. The maximum absolute atomic E-state index is 12.9. The van der Waals surface area contributed by atoms with E-state index in [2.05, 4.69) is 28.4 Å². The van der Waals surface area contributed by atoms with Gasteiger partial charge in [-0.2, -0.15) is 0 Å². The molecule has 2 heterocycles. The predicted molar refractivity (Wildman–Crippen MR) is 127 cm³/mol. The van der Waals surface area contributed by atoms with Crippen molar-refractivity contribution >= 4 is 38.5 Å². The standard InChI is InChI=1S/C25H28N4O2/c1-6-7-17-21(30)9-8-20-22(17)19-14-18-16(15(2)24(19)29(20)5)10-11-26-23(18)25(31)27-12-13-28(3)4/h6,8-11,14,30H,1,7,12-13H2,2-5H3,(H,27,31). The largest absolute Gasteiger partial charge is 0.508 e. The van der Waals surface area contributed by atoms with Crippen LogP contribution in [0.3, 0.4) is 0 Å². The Bertz CT molecular complexity index is 1330. The molecule has 4 rings (SSSR count). The van der Waals surface area contributed by atoms with Gasteiger partial charge in [-0.3, -0.25) is 9.78 Å². The number of rotatable bonds is 6. The van der Waals surface area contributed by atoms with Crippen LogP contribution in [0.25, 0.3) is 32.6 Å². The number of phenolic OH excluding ortho intramolecular Hbond substituents is 1. The molecule has 4 aromatic rings. The number of phenols is 1. The van der Waals surface area contributed by atoms with Crippen molar-refractivity contribution in [2.75, 3.05) is 27.2 Å². The van der Waals surface area contributed by atoms with Crippen molar-refractivity contribution in [3.8, 4) is 5.75 Å². The maximum Gasteiger partial charge on any atom is 0.270 e. The van der Waals surface area contributed by atoms with Gasteiger partial charge in [0.05, 0.1) is 5.52 Å². The van der Waals surface area contributed by atoms with Crippen LogP contribution in [-0.4, -0.2) is 52.6 Å². The van der Waals surface area contributed by atoms with Gasteiger partial charge in [-0.1, -0.05) is 6.08 Å². The first-order valence-corrected chi connectivity index (χ1v) is 10.4. The van der Waals surface area contributed by atoms with Crippen LogP contribution in [0, 0.1) is 6.92 Å². The fourth-order valence-corrected chi connectivity index (χ4v) is 4.45. The van der Waals surface area contributed by atoms with Crippen LogP contribution in [0.5, 0.6) is 5.75 Å². The summed E-state index contributed by atoms with van der Waals surface area (Å²) in [5, 5.41) is 17.3. The van der Waals surface area contributed by atoms with Gasteiger partial charge in [0.1, 0.15) is 11.4 Å². The van der Waals surface area contributed by atoms with Crippen LogP contribution in [0.4, 0.5) is 0 Å². The first kappa shape index (κ1) is 20.9. The van der Waals surface area contributed by atoms with Gasteiger partial charge in [0, 0.05) is 53.6 Å². The molecule has 1 amide bonds. The van der Waals surface area contributed by atoms with E-state index >= 15 is 0 Å². The zero-order valence-electron chi connectivity index (χ0n) is 18.5. The van der Waals surface area contributed by atoms with Crippen molar-refractivity contribution in [2.45, 2.75) is 13.3 Å². The minimum atomic E-state index is -0.180. The highest BCUT2D eigenvalue weighted by Gasteiger charge is 2.20. The van der Waals surface area contributed by atoms with Crippen molar-refractivity contribution in [3.63, 3.8) is 0 Å². The number of nitrogens with one attached hydrogen (secondary N) is 1. The highest BCUT2D eigenvalue weighted by Crippen LogP contribution is 2.39. The highest BCUT2D eigenvalue weighted by atomic mass is 16.3. The zero-order chi connectivity index (χ0) is 22.3. The Hall–Kier alpha value is -3.38. The van der Waals surface area contributed by atoms with E-state index in [9.17, 15) is 9.90 Å². The Morgan fingerprint density at radius 3 is 2.74 bits per heavy atom. The molecule has 0 radical (unpaired) electrons. The number of pyridine rings is 1. The lowest BCUT2D eigenvalue weighted by atomic mass is 9.97. The van der Waals surface area contributed by atoms with Crippen LogP contribution in [-0.2, 0) is 13.5 Å². The first-order valence-electron chi connectivity index (χ1n) is 10.4. The van der Waals surface area contributed by atoms with Crippen molar-refractivity contribution < 1.29 is 9.90 Å². The molecule has 0 spiro atoms. The lowest BCUT2D eigenvalue weighted by molar-refractivity contribution is 0.0948. The van der Waals surface area contributed by atoms with Gasteiger partial charge in [-0.25, -0.2) is 0 Å². The van der Waals surface area contributed by atoms with Gasteiger partial charge in [0.2, 0.25) is 0 Å². The third-order valence-corrected chi connectivity index (χ3v) is 5.93. The van der Waals surface area contributed by atoms with Gasteiger partial charge >= 0.3 is 0 Å². The van der Waals surface area contributed by atoms with Crippen LogP contribution in [0.15, 0.2) is 43.1 Å². The molecule has 0 atom stereocenters. The number of hydrogen-bond donors (Lipinski definition) is 2. The lowest BCUT2D eigenvalue weighted by Crippen LogP contribution is -2.31. The normalized spacial score (nSPS) is 11.6. The smallest absolute Gasteiger partial charge is 0.270 e. The number of aryl methyl sites for hydroxylation is 2. The van der Waals surface area contributed by atoms with E-state index in [1.165, 1.54) is 0 Å². The molecule has 0 aliphatic heterocycles. The summed E-state index contributed by atoms with van der Waals surface area (Å²) >= 11 is 0. The van der Waals surface area contributed by atoms with Gasteiger partial charge in [0.25, 0.3) is 5.91 Å². The Kier molecular flexibility index (Phi) is 5.41. The van der Waals surface area contributed by atoms with Crippen LogP contribution < -0.4 is 5.32 Å². The molecule has 0 unspecified atom stereocenters. The van der Waals surface area contributed by atoms with Crippen LogP contribution in [0.1, 0.15) is 21.6 Å². The summed E-state index contributed by atoms with van der Waals surface area (Å²) in [4.78, 5) is 19.4. The molecule has 2 aromatic carbocycles. The van der Waals surface area contributed by atoms with E-state index in [-0.39, 0.29) is 11.7 Å². The second kappa shape index (κ2) is 8.04. The van der Waals surface area contributed by atoms with Crippen molar-refractivity contribution in [2.24, 2.45) is 7.05 Å². The first-order chi connectivity index (χ1) is 14.8. The number of nitrogens with zero attached hydrogens (tertiary/aromatic N) is 3. The summed E-state index contributed by atoms with van der Waals surface area (Å²) in [5.41, 5.74) is 4.47. The molecule has 6 nitrogen and oxygen atoms in total. The molecule has 160 valence electrons. The van der Waals surface area contributed by atoms with E-state index in [0.29, 0.717) is 18.7 Å². The number of fused-ring (bicyclic) bond motifs is 4. The van der Waals surface area contributed by atoms with Gasteiger partial charge in [0.15, 0.2) is 0 Å². The number of amides is 1. The number of likely N-dealkylation sites (N-methyl/N-ethyl adjacent to an activating group) is 1. The third-order valence-electron chi connectivity index (χ3n) is 5.93. The molecular weight excluding hydrogens is 388 g/mol. The Balaban J connectivity index is 2.01. The number of carbonyl (C=O) groups excluding carboxylic acids is 1. The van der Waals surface area contributed by atoms with Gasteiger partial charge in [-0.15, -0.1) is 6.58 Å². The Labute approximate surface area is 181 Å². The monoisotopic (exact) mass is 416 g/mol. The quantitative estimate of drug-likeness (QED) is 0.468. The summed E-state index contributed by atoms with van der Waals surface area (Å²) in [6.07, 6.45) is 4.05. The molecule has 6 heteroatoms. The fourth-order valence-electron chi connectivity index (χ4n) is 4.45. The van der Waals surface area contributed by atoms with E-state index in [1.807, 2.05) is 44.2 Å². The average molecular weight is 417 g/mol. The molecule has 0 bridgehead atoms. The number of aromatic nitrogens is 2. The molecule has 0 aliphatic rings. The summed E-state index contributed by atoms with van der Waals surface area (Å²) in [7, 11) is 5.98. The summed E-state index contributed by atoms with van der Waals surface area (Å²) < 4.78 is 2.16. The highest BCUT2D eigenvalue weighted by molar-refractivity contribution is 6.18. The van der Waals surface area contributed by atoms with Crippen molar-refractivity contribution in [3.05, 3.63) is 59.9 Å². The van der Waals surface area contributed by atoms with E-state index in [1.54, 1.807) is 18.3 Å². The van der Waals surface area contributed by atoms with Crippen LogP contribution >= 0.6 is 0 Å². The maximum atomic E-state index is 12.9.